The topological polar surface area (TPSA) is 21.7 Å². The van der Waals surface area contributed by atoms with Crippen molar-refractivity contribution in [2.24, 2.45) is 5.92 Å². The standard InChI is InChI=1S/C17H27NO2.C4H8/c1-3-15(2)14-16-4-6-17(7-5-16)20-13-10-18-8-11-19-12-9-18;1-3-4-2/h4-7,15H,3,8-14H2,1-2H3;3-4H,1-2H3/b;4-3+/t15-;/m1./s1. The Morgan fingerprint density at radius 1 is 1.12 bits per heavy atom. The quantitative estimate of drug-likeness (QED) is 0.682. The second-order valence-electron chi connectivity index (χ2n) is 6.33. The zero-order valence-electron chi connectivity index (χ0n) is 16.0. The number of rotatable bonds is 7. The Morgan fingerprint density at radius 3 is 2.29 bits per heavy atom. The lowest BCUT2D eigenvalue weighted by atomic mass is 9.99. The van der Waals surface area contributed by atoms with Gasteiger partial charge in [-0.25, -0.2) is 0 Å². The number of hydrogen-bond acceptors (Lipinski definition) is 3. The summed E-state index contributed by atoms with van der Waals surface area (Å²) in [5.41, 5.74) is 1.40. The lowest BCUT2D eigenvalue weighted by molar-refractivity contribution is 0.0322. The molecule has 0 amide bonds. The first-order valence-electron chi connectivity index (χ1n) is 9.28. The van der Waals surface area contributed by atoms with E-state index in [2.05, 4.69) is 43.0 Å². The van der Waals surface area contributed by atoms with E-state index in [0.29, 0.717) is 0 Å². The van der Waals surface area contributed by atoms with Gasteiger partial charge in [0.1, 0.15) is 12.4 Å². The highest BCUT2D eigenvalue weighted by molar-refractivity contribution is 5.27. The van der Waals surface area contributed by atoms with Crippen LogP contribution in [0.3, 0.4) is 0 Å². The van der Waals surface area contributed by atoms with Crippen molar-refractivity contribution in [3.05, 3.63) is 42.0 Å². The van der Waals surface area contributed by atoms with Gasteiger partial charge in [-0.05, 0) is 43.9 Å². The number of hydrogen-bond donors (Lipinski definition) is 0. The molecule has 3 heteroatoms. The van der Waals surface area contributed by atoms with E-state index in [1.165, 1.54) is 12.0 Å². The zero-order chi connectivity index (χ0) is 17.6. The maximum Gasteiger partial charge on any atom is 0.119 e. The normalized spacial score (nSPS) is 16.5. The predicted molar refractivity (Wildman–Crippen MR) is 103 cm³/mol. The summed E-state index contributed by atoms with van der Waals surface area (Å²) in [5.74, 6) is 1.73. The van der Waals surface area contributed by atoms with Gasteiger partial charge in [0.05, 0.1) is 13.2 Å². The Hall–Kier alpha value is -1.32. The van der Waals surface area contributed by atoms with Crippen molar-refractivity contribution < 1.29 is 9.47 Å². The first-order chi connectivity index (χ1) is 11.7. The van der Waals surface area contributed by atoms with Gasteiger partial charge in [0.2, 0.25) is 0 Å². The highest BCUT2D eigenvalue weighted by atomic mass is 16.5. The van der Waals surface area contributed by atoms with Gasteiger partial charge in [0.15, 0.2) is 0 Å². The molecule has 1 saturated heterocycles. The first kappa shape index (κ1) is 20.7. The lowest BCUT2D eigenvalue weighted by Crippen LogP contribution is -2.38. The third-order valence-corrected chi connectivity index (χ3v) is 4.32. The summed E-state index contributed by atoms with van der Waals surface area (Å²) in [6.45, 7) is 14.0. The van der Waals surface area contributed by atoms with Crippen molar-refractivity contribution in [3.63, 3.8) is 0 Å². The van der Waals surface area contributed by atoms with Crippen LogP contribution in [0.25, 0.3) is 0 Å². The fraction of sp³-hybridized carbons (Fsp3) is 0.619. The Morgan fingerprint density at radius 2 is 1.75 bits per heavy atom. The minimum Gasteiger partial charge on any atom is -0.492 e. The van der Waals surface area contributed by atoms with Crippen LogP contribution in [0.4, 0.5) is 0 Å². The third kappa shape index (κ3) is 9.09. The predicted octanol–water partition coefficient (Wildman–Crippen LogP) is 4.57. The van der Waals surface area contributed by atoms with Crippen LogP contribution < -0.4 is 4.74 Å². The monoisotopic (exact) mass is 333 g/mol. The number of benzene rings is 1. The van der Waals surface area contributed by atoms with E-state index >= 15 is 0 Å². The van der Waals surface area contributed by atoms with Crippen LogP contribution in [0.1, 0.15) is 39.7 Å². The van der Waals surface area contributed by atoms with Crippen molar-refractivity contribution in [2.75, 3.05) is 39.5 Å². The zero-order valence-corrected chi connectivity index (χ0v) is 16.0. The van der Waals surface area contributed by atoms with Crippen molar-refractivity contribution in [1.29, 1.82) is 0 Å². The Bertz CT molecular complexity index is 432. The van der Waals surface area contributed by atoms with Crippen LogP contribution >= 0.6 is 0 Å². The van der Waals surface area contributed by atoms with Gasteiger partial charge in [0.25, 0.3) is 0 Å². The summed E-state index contributed by atoms with van der Waals surface area (Å²) >= 11 is 0. The molecule has 0 aliphatic carbocycles. The van der Waals surface area contributed by atoms with Gasteiger partial charge < -0.3 is 9.47 Å². The molecular weight excluding hydrogens is 298 g/mol. The van der Waals surface area contributed by atoms with Crippen molar-refractivity contribution >= 4 is 0 Å². The SMILES string of the molecule is C/C=C/C.CC[C@@H](C)Cc1ccc(OCCN2CCOCC2)cc1. The molecule has 0 unspecified atom stereocenters. The highest BCUT2D eigenvalue weighted by Crippen LogP contribution is 2.16. The summed E-state index contributed by atoms with van der Waals surface area (Å²) in [6.07, 6.45) is 6.39. The fourth-order valence-electron chi connectivity index (χ4n) is 2.39. The molecule has 0 spiro atoms. The Kier molecular flexibility index (Phi) is 11.2. The van der Waals surface area contributed by atoms with E-state index in [4.69, 9.17) is 9.47 Å². The second-order valence-corrected chi connectivity index (χ2v) is 6.33. The molecule has 0 saturated carbocycles. The van der Waals surface area contributed by atoms with Gasteiger partial charge in [-0.3, -0.25) is 4.90 Å². The minimum absolute atomic E-state index is 0.753. The summed E-state index contributed by atoms with van der Waals surface area (Å²) in [5, 5.41) is 0. The molecule has 1 aromatic rings. The van der Waals surface area contributed by atoms with Gasteiger partial charge in [-0.1, -0.05) is 44.6 Å². The highest BCUT2D eigenvalue weighted by Gasteiger charge is 2.09. The molecule has 1 aliphatic heterocycles. The smallest absolute Gasteiger partial charge is 0.119 e. The van der Waals surface area contributed by atoms with Crippen molar-refractivity contribution in [1.82, 2.24) is 4.90 Å². The average Bonchev–Trinajstić information content (AvgIpc) is 2.64. The summed E-state index contributed by atoms with van der Waals surface area (Å²) < 4.78 is 11.1. The van der Waals surface area contributed by atoms with Crippen LogP contribution in [-0.2, 0) is 11.2 Å². The molecule has 24 heavy (non-hydrogen) atoms. The number of morpholine rings is 1. The number of nitrogens with zero attached hydrogens (tertiary/aromatic N) is 1. The van der Waals surface area contributed by atoms with E-state index in [1.807, 2.05) is 26.0 Å². The fourth-order valence-corrected chi connectivity index (χ4v) is 2.39. The molecule has 0 radical (unpaired) electrons. The Labute approximate surface area is 148 Å². The third-order valence-electron chi connectivity index (χ3n) is 4.32. The molecule has 0 aromatic heterocycles. The van der Waals surface area contributed by atoms with Crippen LogP contribution in [0.5, 0.6) is 5.75 Å². The summed E-state index contributed by atoms with van der Waals surface area (Å²) in [6, 6.07) is 8.57. The van der Waals surface area contributed by atoms with Gasteiger partial charge in [-0.15, -0.1) is 0 Å². The molecule has 0 N–H and O–H groups in total. The van der Waals surface area contributed by atoms with E-state index in [0.717, 1.165) is 57.5 Å². The first-order valence-corrected chi connectivity index (χ1v) is 9.28. The second kappa shape index (κ2) is 13.0. The van der Waals surface area contributed by atoms with Crippen LogP contribution in [0.2, 0.25) is 0 Å². The molecule has 1 fully saturated rings. The lowest BCUT2D eigenvalue weighted by Gasteiger charge is -2.26. The summed E-state index contributed by atoms with van der Waals surface area (Å²) in [7, 11) is 0. The Balaban J connectivity index is 0.000000648. The van der Waals surface area contributed by atoms with Crippen LogP contribution in [0.15, 0.2) is 36.4 Å². The summed E-state index contributed by atoms with van der Waals surface area (Å²) in [4.78, 5) is 2.39. The van der Waals surface area contributed by atoms with E-state index in [1.54, 1.807) is 0 Å². The molecule has 1 aliphatic rings. The number of allylic oxidation sites excluding steroid dienone is 2. The van der Waals surface area contributed by atoms with Gasteiger partial charge in [-0.2, -0.15) is 0 Å². The largest absolute Gasteiger partial charge is 0.492 e. The molecule has 3 nitrogen and oxygen atoms in total. The molecular formula is C21H35NO2. The van der Waals surface area contributed by atoms with Crippen molar-refractivity contribution in [2.45, 2.75) is 40.5 Å². The van der Waals surface area contributed by atoms with Gasteiger partial charge >= 0.3 is 0 Å². The molecule has 2 rings (SSSR count). The van der Waals surface area contributed by atoms with Gasteiger partial charge in [0, 0.05) is 19.6 Å². The maximum absolute atomic E-state index is 5.81. The number of ether oxygens (including phenoxy) is 2. The van der Waals surface area contributed by atoms with Crippen LogP contribution in [0, 0.1) is 5.92 Å². The maximum atomic E-state index is 5.81. The molecule has 1 aromatic carbocycles. The molecule has 1 atom stereocenters. The molecule has 136 valence electrons. The average molecular weight is 334 g/mol. The molecule has 0 bridgehead atoms. The van der Waals surface area contributed by atoms with E-state index < -0.39 is 0 Å². The van der Waals surface area contributed by atoms with E-state index in [-0.39, 0.29) is 0 Å². The van der Waals surface area contributed by atoms with Crippen LogP contribution in [-0.4, -0.2) is 44.4 Å². The van der Waals surface area contributed by atoms with E-state index in [9.17, 15) is 0 Å². The molecule has 1 heterocycles. The van der Waals surface area contributed by atoms with Crippen molar-refractivity contribution in [3.8, 4) is 5.75 Å². The minimum atomic E-state index is 0.753.